The van der Waals surface area contributed by atoms with E-state index < -0.39 is 10.0 Å². The molecule has 20 heavy (non-hydrogen) atoms. The van der Waals surface area contributed by atoms with E-state index in [-0.39, 0.29) is 0 Å². The molecule has 4 nitrogen and oxygen atoms in total. The van der Waals surface area contributed by atoms with Gasteiger partial charge < -0.3 is 5.32 Å². The molecule has 1 saturated carbocycles. The number of hydrogen-bond donors (Lipinski definition) is 2. The molecule has 2 rings (SSSR count). The first-order valence-electron chi connectivity index (χ1n) is 6.93. The number of anilines is 2. The molecule has 0 aliphatic heterocycles. The van der Waals surface area contributed by atoms with Crippen LogP contribution in [-0.4, -0.2) is 20.7 Å². The van der Waals surface area contributed by atoms with Gasteiger partial charge in [-0.1, -0.05) is 31.4 Å². The SMILES string of the molecule is CCC1CCCC1Nc1cc(NS(C)(=O)=O)ccc1Cl. The van der Waals surface area contributed by atoms with E-state index in [0.29, 0.717) is 22.7 Å². The van der Waals surface area contributed by atoms with Gasteiger partial charge in [0.05, 0.1) is 22.7 Å². The van der Waals surface area contributed by atoms with Crippen molar-refractivity contribution in [2.75, 3.05) is 16.3 Å². The minimum atomic E-state index is -3.27. The van der Waals surface area contributed by atoms with E-state index in [1.54, 1.807) is 18.2 Å². The lowest BCUT2D eigenvalue weighted by molar-refractivity contribution is 0.489. The van der Waals surface area contributed by atoms with E-state index in [2.05, 4.69) is 17.0 Å². The first-order chi connectivity index (χ1) is 9.39. The van der Waals surface area contributed by atoms with E-state index in [9.17, 15) is 8.42 Å². The van der Waals surface area contributed by atoms with Crippen LogP contribution in [0, 0.1) is 5.92 Å². The second-order valence-corrected chi connectivity index (χ2v) is 7.57. The van der Waals surface area contributed by atoms with E-state index >= 15 is 0 Å². The highest BCUT2D eigenvalue weighted by molar-refractivity contribution is 7.92. The first-order valence-corrected chi connectivity index (χ1v) is 9.20. The van der Waals surface area contributed by atoms with Crippen LogP contribution in [0.3, 0.4) is 0 Å². The van der Waals surface area contributed by atoms with Crippen molar-refractivity contribution in [1.82, 2.24) is 0 Å². The fourth-order valence-corrected chi connectivity index (χ4v) is 3.56. The van der Waals surface area contributed by atoms with Crippen LogP contribution in [0.5, 0.6) is 0 Å². The summed E-state index contributed by atoms with van der Waals surface area (Å²) in [6.45, 7) is 2.20. The van der Waals surface area contributed by atoms with Gasteiger partial charge in [-0.15, -0.1) is 0 Å². The molecule has 0 saturated heterocycles. The van der Waals surface area contributed by atoms with Crippen LogP contribution >= 0.6 is 11.6 Å². The van der Waals surface area contributed by atoms with E-state index in [4.69, 9.17) is 11.6 Å². The van der Waals surface area contributed by atoms with Crippen LogP contribution in [0.15, 0.2) is 18.2 Å². The Balaban J connectivity index is 2.16. The molecule has 1 aliphatic carbocycles. The molecule has 1 fully saturated rings. The largest absolute Gasteiger partial charge is 0.381 e. The maximum absolute atomic E-state index is 11.3. The summed E-state index contributed by atoms with van der Waals surface area (Å²) in [6, 6.07) is 5.56. The van der Waals surface area contributed by atoms with Gasteiger partial charge in [0.25, 0.3) is 0 Å². The summed E-state index contributed by atoms with van der Waals surface area (Å²) in [6.07, 6.45) is 5.90. The molecule has 1 aromatic carbocycles. The molecule has 2 N–H and O–H groups in total. The fourth-order valence-electron chi connectivity index (χ4n) is 2.83. The minimum absolute atomic E-state index is 0.422. The average Bonchev–Trinajstić information content (AvgIpc) is 2.79. The maximum Gasteiger partial charge on any atom is 0.229 e. The molecule has 0 heterocycles. The van der Waals surface area contributed by atoms with Gasteiger partial charge in [0, 0.05) is 6.04 Å². The van der Waals surface area contributed by atoms with Gasteiger partial charge in [-0.05, 0) is 37.0 Å². The van der Waals surface area contributed by atoms with Gasteiger partial charge in [0.15, 0.2) is 0 Å². The lowest BCUT2D eigenvalue weighted by Crippen LogP contribution is -2.23. The van der Waals surface area contributed by atoms with Crippen LogP contribution in [0.4, 0.5) is 11.4 Å². The van der Waals surface area contributed by atoms with E-state index in [0.717, 1.165) is 24.8 Å². The van der Waals surface area contributed by atoms with Crippen molar-refractivity contribution >= 4 is 33.0 Å². The minimum Gasteiger partial charge on any atom is -0.381 e. The Morgan fingerprint density at radius 2 is 2.10 bits per heavy atom. The number of hydrogen-bond acceptors (Lipinski definition) is 3. The normalized spacial score (nSPS) is 22.8. The first kappa shape index (κ1) is 15.4. The van der Waals surface area contributed by atoms with Gasteiger partial charge >= 0.3 is 0 Å². The third-order valence-electron chi connectivity index (χ3n) is 3.79. The summed E-state index contributed by atoms with van der Waals surface area (Å²) in [5.41, 5.74) is 1.33. The van der Waals surface area contributed by atoms with Crippen molar-refractivity contribution in [3.8, 4) is 0 Å². The number of nitrogens with one attached hydrogen (secondary N) is 2. The summed E-state index contributed by atoms with van der Waals surface area (Å²) in [4.78, 5) is 0. The Morgan fingerprint density at radius 1 is 1.35 bits per heavy atom. The zero-order valence-electron chi connectivity index (χ0n) is 11.8. The van der Waals surface area contributed by atoms with Gasteiger partial charge in [-0.2, -0.15) is 0 Å². The Morgan fingerprint density at radius 3 is 2.75 bits per heavy atom. The number of halogens is 1. The van der Waals surface area contributed by atoms with Gasteiger partial charge in [0.1, 0.15) is 0 Å². The molecule has 0 radical (unpaired) electrons. The summed E-state index contributed by atoms with van der Waals surface area (Å²) >= 11 is 6.20. The van der Waals surface area contributed by atoms with E-state index in [1.165, 1.54) is 12.8 Å². The van der Waals surface area contributed by atoms with Crippen LogP contribution < -0.4 is 10.0 Å². The third-order valence-corrected chi connectivity index (χ3v) is 4.73. The predicted molar refractivity (Wildman–Crippen MR) is 85.0 cm³/mol. The highest BCUT2D eigenvalue weighted by Crippen LogP contribution is 2.34. The second kappa shape index (κ2) is 6.22. The monoisotopic (exact) mass is 316 g/mol. The van der Waals surface area contributed by atoms with Crippen molar-refractivity contribution < 1.29 is 8.42 Å². The standard InChI is InChI=1S/C14H21ClN2O2S/c1-3-10-5-4-6-13(10)16-14-9-11(7-8-12(14)15)17-20(2,18)19/h7-10,13,16-17H,3-6H2,1-2H3. The van der Waals surface area contributed by atoms with E-state index in [1.807, 2.05) is 0 Å². The van der Waals surface area contributed by atoms with Crippen LogP contribution in [0.25, 0.3) is 0 Å². The zero-order valence-corrected chi connectivity index (χ0v) is 13.4. The molecule has 0 bridgehead atoms. The molecule has 1 aromatic rings. The highest BCUT2D eigenvalue weighted by Gasteiger charge is 2.26. The summed E-state index contributed by atoms with van der Waals surface area (Å²) in [5, 5.41) is 4.09. The molecule has 0 amide bonds. The quantitative estimate of drug-likeness (QED) is 0.870. The molecular formula is C14H21ClN2O2S. The molecule has 2 atom stereocenters. The van der Waals surface area contributed by atoms with Crippen molar-refractivity contribution in [3.63, 3.8) is 0 Å². The smallest absolute Gasteiger partial charge is 0.229 e. The van der Waals surface area contributed by atoms with Gasteiger partial charge in [-0.3, -0.25) is 4.72 Å². The Labute approximate surface area is 126 Å². The number of benzene rings is 1. The number of sulfonamides is 1. The molecule has 1 aliphatic rings. The summed E-state index contributed by atoms with van der Waals surface area (Å²) in [5.74, 6) is 0.664. The Kier molecular flexibility index (Phi) is 4.81. The lowest BCUT2D eigenvalue weighted by Gasteiger charge is -2.22. The molecule has 112 valence electrons. The fraction of sp³-hybridized carbons (Fsp3) is 0.571. The van der Waals surface area contributed by atoms with Crippen LogP contribution in [-0.2, 0) is 10.0 Å². The Hall–Kier alpha value is -0.940. The molecule has 0 spiro atoms. The van der Waals surface area contributed by atoms with Gasteiger partial charge in [0.2, 0.25) is 10.0 Å². The van der Waals surface area contributed by atoms with Crippen molar-refractivity contribution in [2.24, 2.45) is 5.92 Å². The Bertz CT molecular complexity index is 575. The summed E-state index contributed by atoms with van der Waals surface area (Å²) < 4.78 is 25.0. The van der Waals surface area contributed by atoms with Crippen molar-refractivity contribution in [2.45, 2.75) is 38.6 Å². The van der Waals surface area contributed by atoms with Crippen LogP contribution in [0.1, 0.15) is 32.6 Å². The molecular weight excluding hydrogens is 296 g/mol. The molecule has 2 unspecified atom stereocenters. The molecule has 6 heteroatoms. The second-order valence-electron chi connectivity index (χ2n) is 5.42. The third kappa shape index (κ3) is 4.03. The van der Waals surface area contributed by atoms with Gasteiger partial charge in [-0.25, -0.2) is 8.42 Å². The van der Waals surface area contributed by atoms with Crippen LogP contribution in [0.2, 0.25) is 5.02 Å². The maximum atomic E-state index is 11.3. The highest BCUT2D eigenvalue weighted by atomic mass is 35.5. The van der Waals surface area contributed by atoms with Crippen molar-refractivity contribution in [1.29, 1.82) is 0 Å². The number of rotatable bonds is 5. The topological polar surface area (TPSA) is 58.2 Å². The summed E-state index contributed by atoms with van der Waals surface area (Å²) in [7, 11) is -3.27. The van der Waals surface area contributed by atoms with Crippen molar-refractivity contribution in [3.05, 3.63) is 23.2 Å². The zero-order chi connectivity index (χ0) is 14.8. The lowest BCUT2D eigenvalue weighted by atomic mass is 10.0. The molecule has 0 aromatic heterocycles. The predicted octanol–water partition coefficient (Wildman–Crippen LogP) is 3.70. The average molecular weight is 317 g/mol.